The number of carbonyl (C=O) groups excluding carboxylic acids is 1. The molecule has 0 aliphatic heterocycles. The van der Waals surface area contributed by atoms with Gasteiger partial charge in [0.1, 0.15) is 6.29 Å². The van der Waals surface area contributed by atoms with E-state index in [0.717, 1.165) is 25.5 Å². The zero-order valence-corrected chi connectivity index (χ0v) is 4.76. The van der Waals surface area contributed by atoms with Gasteiger partial charge in [-0.2, -0.15) is 0 Å². The normalized spacial score (nSPS) is 27.8. The van der Waals surface area contributed by atoms with Crippen LogP contribution in [0.1, 0.15) is 19.3 Å². The lowest BCUT2D eigenvalue weighted by atomic mass is 9.98. The van der Waals surface area contributed by atoms with Crippen LogP contribution in [-0.2, 0) is 4.79 Å². The fraction of sp³-hybridized carbons (Fsp3) is 0.571. The molecular formula is C7H9O. The highest BCUT2D eigenvalue weighted by Gasteiger charge is 2.05. The molecule has 0 amide bonds. The molecule has 43 valence electrons. The van der Waals surface area contributed by atoms with E-state index in [2.05, 4.69) is 6.08 Å². The molecule has 0 N–H and O–H groups in total. The quantitative estimate of drug-likeness (QED) is 0.464. The van der Waals surface area contributed by atoms with Crippen molar-refractivity contribution >= 4 is 6.29 Å². The monoisotopic (exact) mass is 109 g/mol. The number of aldehydes is 1. The van der Waals surface area contributed by atoms with E-state index in [1.165, 1.54) is 0 Å². The molecule has 1 atom stereocenters. The molecule has 0 saturated carbocycles. The summed E-state index contributed by atoms with van der Waals surface area (Å²) in [5, 5.41) is 0. The van der Waals surface area contributed by atoms with Crippen LogP contribution in [0.3, 0.4) is 0 Å². The molecule has 0 aromatic carbocycles. The highest BCUT2D eigenvalue weighted by Crippen LogP contribution is 2.12. The van der Waals surface area contributed by atoms with Crippen molar-refractivity contribution in [2.75, 3.05) is 0 Å². The number of rotatable bonds is 1. The van der Waals surface area contributed by atoms with Gasteiger partial charge in [-0.05, 0) is 25.3 Å². The van der Waals surface area contributed by atoms with Crippen LogP contribution in [-0.4, -0.2) is 6.29 Å². The summed E-state index contributed by atoms with van der Waals surface area (Å²) in [6, 6.07) is 0. The molecule has 1 radical (unpaired) electrons. The van der Waals surface area contributed by atoms with Crippen LogP contribution in [0.2, 0.25) is 0 Å². The van der Waals surface area contributed by atoms with E-state index < -0.39 is 0 Å². The van der Waals surface area contributed by atoms with Gasteiger partial charge in [0.2, 0.25) is 0 Å². The van der Waals surface area contributed by atoms with Crippen molar-refractivity contribution in [2.45, 2.75) is 19.3 Å². The van der Waals surface area contributed by atoms with E-state index in [4.69, 9.17) is 0 Å². The molecule has 1 nitrogen and oxygen atoms in total. The first-order valence-electron chi connectivity index (χ1n) is 2.96. The zero-order valence-electron chi connectivity index (χ0n) is 4.76. The Bertz CT molecular complexity index is 105. The third-order valence-corrected chi connectivity index (χ3v) is 1.36. The van der Waals surface area contributed by atoms with Crippen molar-refractivity contribution < 1.29 is 4.79 Å². The maximum atomic E-state index is 10.1. The lowest BCUT2D eigenvalue weighted by Gasteiger charge is -2.06. The fourth-order valence-corrected chi connectivity index (χ4v) is 0.865. The molecule has 0 aromatic heterocycles. The second-order valence-corrected chi connectivity index (χ2v) is 2.04. The molecule has 1 unspecified atom stereocenters. The summed E-state index contributed by atoms with van der Waals surface area (Å²) in [7, 11) is 0. The Morgan fingerprint density at radius 2 is 2.62 bits per heavy atom. The van der Waals surface area contributed by atoms with Crippen LogP contribution in [0.5, 0.6) is 0 Å². The van der Waals surface area contributed by atoms with Crippen molar-refractivity contribution in [2.24, 2.45) is 5.92 Å². The number of allylic oxidation sites excluding steroid dienone is 2. The number of hydrogen-bond acceptors (Lipinski definition) is 1. The molecule has 0 saturated heterocycles. The molecule has 1 aliphatic rings. The number of hydrogen-bond donors (Lipinski definition) is 0. The molecule has 0 spiro atoms. The van der Waals surface area contributed by atoms with E-state index in [1.54, 1.807) is 0 Å². The highest BCUT2D eigenvalue weighted by atomic mass is 16.1. The summed E-state index contributed by atoms with van der Waals surface area (Å²) in [6.07, 6.45) is 9.16. The second kappa shape index (κ2) is 2.65. The van der Waals surface area contributed by atoms with E-state index >= 15 is 0 Å². The fourth-order valence-electron chi connectivity index (χ4n) is 0.865. The van der Waals surface area contributed by atoms with Gasteiger partial charge >= 0.3 is 0 Å². The van der Waals surface area contributed by atoms with E-state index in [9.17, 15) is 4.79 Å². The van der Waals surface area contributed by atoms with Gasteiger partial charge in [-0.15, -0.1) is 0 Å². The molecule has 0 fully saturated rings. The van der Waals surface area contributed by atoms with Crippen LogP contribution >= 0.6 is 0 Å². The third kappa shape index (κ3) is 1.19. The van der Waals surface area contributed by atoms with Gasteiger partial charge in [-0.1, -0.05) is 6.08 Å². The van der Waals surface area contributed by atoms with Crippen LogP contribution in [0.25, 0.3) is 0 Å². The van der Waals surface area contributed by atoms with Crippen LogP contribution in [0, 0.1) is 12.0 Å². The minimum atomic E-state index is 0.101. The minimum Gasteiger partial charge on any atom is -0.303 e. The Morgan fingerprint density at radius 1 is 1.75 bits per heavy atom. The van der Waals surface area contributed by atoms with Crippen molar-refractivity contribution in [3.8, 4) is 0 Å². The summed E-state index contributed by atoms with van der Waals surface area (Å²) >= 11 is 0. The second-order valence-electron chi connectivity index (χ2n) is 2.04. The summed E-state index contributed by atoms with van der Waals surface area (Å²) < 4.78 is 0. The molecule has 1 heteroatoms. The molecular weight excluding hydrogens is 100 g/mol. The van der Waals surface area contributed by atoms with Crippen LogP contribution in [0.15, 0.2) is 6.08 Å². The Balaban J connectivity index is 2.42. The lowest BCUT2D eigenvalue weighted by Crippen LogP contribution is -2.01. The predicted molar refractivity (Wildman–Crippen MR) is 31.2 cm³/mol. The smallest absolute Gasteiger partial charge is 0.127 e. The summed E-state index contributed by atoms with van der Waals surface area (Å²) in [5.41, 5.74) is 0. The highest BCUT2D eigenvalue weighted by molar-refractivity contribution is 5.55. The van der Waals surface area contributed by atoms with Gasteiger partial charge in [0.25, 0.3) is 0 Å². The first-order chi connectivity index (χ1) is 3.93. The first kappa shape index (κ1) is 5.54. The molecule has 0 aromatic rings. The molecule has 1 rings (SSSR count). The average molecular weight is 109 g/mol. The predicted octanol–water partition coefficient (Wildman–Crippen LogP) is 1.34. The van der Waals surface area contributed by atoms with Gasteiger partial charge in [0.15, 0.2) is 0 Å². The van der Waals surface area contributed by atoms with Gasteiger partial charge in [-0.3, -0.25) is 0 Å². The topological polar surface area (TPSA) is 17.1 Å². The maximum Gasteiger partial charge on any atom is 0.127 e. The molecule has 0 bridgehead atoms. The third-order valence-electron chi connectivity index (χ3n) is 1.36. The summed E-state index contributed by atoms with van der Waals surface area (Å²) in [6.45, 7) is 0. The maximum absolute atomic E-state index is 10.1. The van der Waals surface area contributed by atoms with Crippen molar-refractivity contribution in [3.63, 3.8) is 0 Å². The zero-order chi connectivity index (χ0) is 5.82. The van der Waals surface area contributed by atoms with E-state index in [-0.39, 0.29) is 5.92 Å². The SMILES string of the molecule is O=CC1[C]=CCCC1. The van der Waals surface area contributed by atoms with Crippen LogP contribution < -0.4 is 0 Å². The Kier molecular flexibility index (Phi) is 1.84. The van der Waals surface area contributed by atoms with E-state index in [0.29, 0.717) is 0 Å². The largest absolute Gasteiger partial charge is 0.303 e. The molecule has 0 heterocycles. The summed E-state index contributed by atoms with van der Waals surface area (Å²) in [4.78, 5) is 10.1. The van der Waals surface area contributed by atoms with Crippen molar-refractivity contribution in [1.29, 1.82) is 0 Å². The average Bonchev–Trinajstić information content (AvgIpc) is 1.90. The van der Waals surface area contributed by atoms with Gasteiger partial charge in [0, 0.05) is 5.92 Å². The van der Waals surface area contributed by atoms with Crippen molar-refractivity contribution in [3.05, 3.63) is 12.2 Å². The Hall–Kier alpha value is -0.590. The van der Waals surface area contributed by atoms with Crippen LogP contribution in [0.4, 0.5) is 0 Å². The van der Waals surface area contributed by atoms with Crippen molar-refractivity contribution in [1.82, 2.24) is 0 Å². The molecule has 8 heavy (non-hydrogen) atoms. The lowest BCUT2D eigenvalue weighted by molar-refractivity contribution is -0.110. The van der Waals surface area contributed by atoms with Gasteiger partial charge in [-0.25, -0.2) is 0 Å². The Labute approximate surface area is 49.4 Å². The van der Waals surface area contributed by atoms with Gasteiger partial charge < -0.3 is 4.79 Å². The van der Waals surface area contributed by atoms with Gasteiger partial charge in [0.05, 0.1) is 0 Å². The standard InChI is InChI=1S/C7H9O/c8-6-7-4-2-1-3-5-7/h2,6-7H,1,3,5H2. The minimum absolute atomic E-state index is 0.101. The number of carbonyl (C=O) groups is 1. The molecule has 1 aliphatic carbocycles. The summed E-state index contributed by atoms with van der Waals surface area (Å²) in [5.74, 6) is 0.101. The van der Waals surface area contributed by atoms with E-state index in [1.807, 2.05) is 6.08 Å². The Morgan fingerprint density at radius 3 is 3.00 bits per heavy atom. The first-order valence-corrected chi connectivity index (χ1v) is 2.96.